The second-order valence-corrected chi connectivity index (χ2v) is 4.30. The first kappa shape index (κ1) is 15.4. The molecule has 0 aliphatic carbocycles. The molecule has 1 aliphatic heterocycles. The van der Waals surface area contributed by atoms with Crippen LogP contribution in [0.5, 0.6) is 0 Å². The number of hydrogen-bond acceptors (Lipinski definition) is 2. The standard InChI is InChI=1S/C5Cl3F7O2/c6-2(9,10)1(5(13,14)15)16-3(7,11)4(8,12)17-1. The Hall–Kier alpha value is 0.300. The van der Waals surface area contributed by atoms with Crippen LogP contribution in [0.2, 0.25) is 0 Å². The lowest BCUT2D eigenvalue weighted by Crippen LogP contribution is -2.58. The molecule has 2 atom stereocenters. The first-order valence-electron chi connectivity index (χ1n) is 3.46. The van der Waals surface area contributed by atoms with E-state index in [1.54, 1.807) is 0 Å². The Kier molecular flexibility index (Phi) is 3.30. The van der Waals surface area contributed by atoms with Gasteiger partial charge in [-0.05, 0) is 34.8 Å². The summed E-state index contributed by atoms with van der Waals surface area (Å²) in [6.45, 7) is 0. The third-order valence-corrected chi connectivity index (χ3v) is 2.62. The lowest BCUT2D eigenvalue weighted by molar-refractivity contribution is -0.407. The average molecular weight is 331 g/mol. The van der Waals surface area contributed by atoms with E-state index in [1.165, 1.54) is 0 Å². The van der Waals surface area contributed by atoms with Gasteiger partial charge in [0, 0.05) is 0 Å². The zero-order valence-corrected chi connectivity index (χ0v) is 9.36. The van der Waals surface area contributed by atoms with Gasteiger partial charge in [-0.1, -0.05) is 0 Å². The molecule has 0 aromatic heterocycles. The molecule has 0 spiro atoms. The molecule has 0 N–H and O–H groups in total. The Morgan fingerprint density at radius 2 is 1.12 bits per heavy atom. The van der Waals surface area contributed by atoms with Crippen molar-refractivity contribution in [2.75, 3.05) is 0 Å². The van der Waals surface area contributed by atoms with Crippen LogP contribution in [0.1, 0.15) is 0 Å². The molecule has 0 saturated carbocycles. The molecule has 1 saturated heterocycles. The minimum atomic E-state index is -6.10. The molecule has 0 aromatic rings. The summed E-state index contributed by atoms with van der Waals surface area (Å²) in [5.41, 5.74) is 0. The van der Waals surface area contributed by atoms with Crippen LogP contribution in [0, 0.1) is 0 Å². The normalized spacial score (nSPS) is 44.1. The average Bonchev–Trinajstić information content (AvgIpc) is 2.15. The van der Waals surface area contributed by atoms with Gasteiger partial charge in [-0.3, -0.25) is 9.47 Å². The minimum absolute atomic E-state index is 3.04. The molecule has 2 nitrogen and oxygen atoms in total. The van der Waals surface area contributed by atoms with Crippen molar-refractivity contribution in [2.24, 2.45) is 0 Å². The lowest BCUT2D eigenvalue weighted by Gasteiger charge is -2.32. The maximum Gasteiger partial charge on any atom is 0.451 e. The predicted octanol–water partition coefficient (Wildman–Crippen LogP) is 3.85. The van der Waals surface area contributed by atoms with Crippen LogP contribution >= 0.6 is 34.8 Å². The summed E-state index contributed by atoms with van der Waals surface area (Å²) < 4.78 is 94.2. The van der Waals surface area contributed by atoms with E-state index in [0.717, 1.165) is 0 Å². The number of ether oxygens (including phenoxy) is 2. The molecule has 1 heterocycles. The summed E-state index contributed by atoms with van der Waals surface area (Å²) in [6.07, 6.45) is -6.10. The number of rotatable bonds is 1. The smallest absolute Gasteiger partial charge is 0.280 e. The molecular formula is C5Cl3F7O2. The van der Waals surface area contributed by atoms with E-state index in [4.69, 9.17) is 0 Å². The molecule has 0 bridgehead atoms. The zero-order chi connectivity index (χ0) is 13.9. The summed E-state index contributed by atoms with van der Waals surface area (Å²) in [5, 5.41) is -14.4. The molecule has 0 aromatic carbocycles. The fourth-order valence-electron chi connectivity index (χ4n) is 0.893. The largest absolute Gasteiger partial charge is 0.451 e. The Morgan fingerprint density at radius 1 is 0.824 bits per heavy atom. The second-order valence-electron chi connectivity index (χ2n) is 2.85. The Morgan fingerprint density at radius 3 is 1.24 bits per heavy atom. The van der Waals surface area contributed by atoms with Gasteiger partial charge < -0.3 is 0 Å². The van der Waals surface area contributed by atoms with E-state index in [9.17, 15) is 30.7 Å². The maximum absolute atomic E-state index is 13.0. The van der Waals surface area contributed by atoms with Crippen molar-refractivity contribution in [2.45, 2.75) is 28.0 Å². The number of hydrogen-bond donors (Lipinski definition) is 0. The van der Waals surface area contributed by atoms with Gasteiger partial charge in [0.15, 0.2) is 0 Å². The molecule has 1 fully saturated rings. The Balaban J connectivity index is 3.34. The molecule has 2 unspecified atom stereocenters. The highest BCUT2D eigenvalue weighted by atomic mass is 35.5. The third kappa shape index (κ3) is 2.16. The highest BCUT2D eigenvalue weighted by Crippen LogP contribution is 2.61. The van der Waals surface area contributed by atoms with Crippen LogP contribution in [0.3, 0.4) is 0 Å². The Labute approximate surface area is 103 Å². The van der Waals surface area contributed by atoms with Gasteiger partial charge in [0.25, 0.3) is 0 Å². The van der Waals surface area contributed by atoms with Gasteiger partial charge in [0.1, 0.15) is 0 Å². The summed E-state index contributed by atoms with van der Waals surface area (Å²) in [4.78, 5) is 0. The first-order valence-corrected chi connectivity index (χ1v) is 4.59. The van der Waals surface area contributed by atoms with Crippen molar-refractivity contribution in [3.8, 4) is 0 Å². The zero-order valence-electron chi connectivity index (χ0n) is 7.10. The quantitative estimate of drug-likeness (QED) is 0.537. The van der Waals surface area contributed by atoms with Crippen LogP contribution in [0.25, 0.3) is 0 Å². The monoisotopic (exact) mass is 330 g/mol. The fraction of sp³-hybridized carbons (Fsp3) is 1.00. The van der Waals surface area contributed by atoms with Crippen molar-refractivity contribution >= 4 is 34.8 Å². The highest BCUT2D eigenvalue weighted by molar-refractivity contribution is 6.32. The van der Waals surface area contributed by atoms with E-state index in [1.807, 2.05) is 0 Å². The van der Waals surface area contributed by atoms with Gasteiger partial charge in [-0.15, -0.1) is 0 Å². The van der Waals surface area contributed by atoms with Gasteiger partial charge >= 0.3 is 28.0 Å². The van der Waals surface area contributed by atoms with E-state index >= 15 is 0 Å². The van der Waals surface area contributed by atoms with Crippen LogP contribution in [0.4, 0.5) is 30.7 Å². The van der Waals surface area contributed by atoms with E-state index in [-0.39, 0.29) is 0 Å². The SMILES string of the molecule is FC(F)(F)C1(C(F)(F)Cl)OC(F)(Cl)C(F)(Cl)O1. The van der Waals surface area contributed by atoms with Crippen molar-refractivity contribution in [1.29, 1.82) is 0 Å². The fourth-order valence-corrected chi connectivity index (χ4v) is 1.37. The second kappa shape index (κ2) is 3.66. The van der Waals surface area contributed by atoms with Crippen molar-refractivity contribution in [3.63, 3.8) is 0 Å². The van der Waals surface area contributed by atoms with E-state index < -0.39 is 28.0 Å². The van der Waals surface area contributed by atoms with Crippen molar-refractivity contribution in [3.05, 3.63) is 0 Å². The third-order valence-electron chi connectivity index (χ3n) is 1.63. The van der Waals surface area contributed by atoms with Crippen LogP contribution in [0.15, 0.2) is 0 Å². The maximum atomic E-state index is 13.0. The molecule has 12 heteroatoms. The van der Waals surface area contributed by atoms with Gasteiger partial charge in [-0.25, -0.2) is 0 Å². The topological polar surface area (TPSA) is 18.5 Å². The lowest BCUT2D eigenvalue weighted by atomic mass is 10.3. The van der Waals surface area contributed by atoms with Crippen molar-refractivity contribution in [1.82, 2.24) is 0 Å². The summed E-state index contributed by atoms with van der Waals surface area (Å²) in [6, 6.07) is 0. The van der Waals surface area contributed by atoms with Gasteiger partial charge in [-0.2, -0.15) is 30.7 Å². The van der Waals surface area contributed by atoms with E-state index in [2.05, 4.69) is 44.3 Å². The molecule has 1 rings (SSSR count). The molecule has 17 heavy (non-hydrogen) atoms. The minimum Gasteiger partial charge on any atom is -0.280 e. The molecule has 0 amide bonds. The highest BCUT2D eigenvalue weighted by Gasteiger charge is 2.85. The van der Waals surface area contributed by atoms with Crippen LogP contribution in [-0.2, 0) is 9.47 Å². The van der Waals surface area contributed by atoms with Crippen LogP contribution < -0.4 is 0 Å². The van der Waals surface area contributed by atoms with Crippen LogP contribution in [-0.4, -0.2) is 28.0 Å². The number of alkyl halides is 10. The van der Waals surface area contributed by atoms with E-state index in [0.29, 0.717) is 0 Å². The molecule has 1 aliphatic rings. The number of halogens is 10. The first-order chi connectivity index (χ1) is 7.16. The van der Waals surface area contributed by atoms with Gasteiger partial charge in [0.2, 0.25) is 0 Å². The summed E-state index contributed by atoms with van der Waals surface area (Å²) in [5.74, 6) is -5.14. The Bertz CT molecular complexity index is 290. The summed E-state index contributed by atoms with van der Waals surface area (Å²) in [7, 11) is 0. The van der Waals surface area contributed by atoms with Gasteiger partial charge in [0.05, 0.1) is 0 Å². The molecular weight excluding hydrogens is 331 g/mol. The molecule has 0 radical (unpaired) electrons. The molecule has 102 valence electrons. The van der Waals surface area contributed by atoms with Crippen molar-refractivity contribution < 1.29 is 40.2 Å². The predicted molar refractivity (Wildman–Crippen MR) is 41.1 cm³/mol. The summed E-state index contributed by atoms with van der Waals surface area (Å²) >= 11 is 13.0.